The molecule has 1 aliphatic heterocycles. The number of nitrogens with zero attached hydrogens (tertiary/aromatic N) is 1. The van der Waals surface area contributed by atoms with E-state index >= 15 is 0 Å². The Morgan fingerprint density at radius 1 is 1.43 bits per heavy atom. The molecule has 0 bridgehead atoms. The van der Waals surface area contributed by atoms with Crippen molar-refractivity contribution in [2.45, 2.75) is 30.1 Å². The van der Waals surface area contributed by atoms with Crippen molar-refractivity contribution in [3.63, 3.8) is 0 Å². The highest BCUT2D eigenvalue weighted by atomic mass is 32.2. The first-order valence-corrected chi connectivity index (χ1v) is 8.60. The van der Waals surface area contributed by atoms with Crippen molar-refractivity contribution >= 4 is 16.1 Å². The second-order valence-electron chi connectivity index (χ2n) is 5.46. The van der Waals surface area contributed by atoms with Crippen molar-refractivity contribution < 1.29 is 13.0 Å². The van der Waals surface area contributed by atoms with Crippen molar-refractivity contribution in [1.29, 1.82) is 0 Å². The van der Waals surface area contributed by atoms with Gasteiger partial charge in [-0.05, 0) is 42.5 Å². The Morgan fingerprint density at radius 2 is 2.29 bits per heavy atom. The molecule has 1 atom stereocenters. The van der Waals surface area contributed by atoms with E-state index in [1.807, 2.05) is 6.07 Å². The summed E-state index contributed by atoms with van der Waals surface area (Å²) in [5.41, 5.74) is 2.18. The highest BCUT2D eigenvalue weighted by Crippen LogP contribution is 2.32. The molecule has 0 fully saturated rings. The fourth-order valence-electron chi connectivity index (χ4n) is 3.00. The summed E-state index contributed by atoms with van der Waals surface area (Å²) < 4.78 is 31.6. The van der Waals surface area contributed by atoms with Crippen LogP contribution in [0.1, 0.15) is 29.9 Å². The Bertz CT molecular complexity index is 670. The molecule has 1 heterocycles. The number of fused-ring (bicyclic) bond motifs is 1. The Morgan fingerprint density at radius 3 is 3.00 bits per heavy atom. The van der Waals surface area contributed by atoms with Gasteiger partial charge in [-0.1, -0.05) is 6.07 Å². The van der Waals surface area contributed by atoms with Gasteiger partial charge in [0, 0.05) is 19.0 Å². The monoisotopic (exact) mass is 309 g/mol. The lowest BCUT2D eigenvalue weighted by molar-refractivity contribution is 0.482. The first kappa shape index (κ1) is 14.3. The molecule has 3 rings (SSSR count). The number of guanidine groups is 1. The molecule has 0 saturated heterocycles. The van der Waals surface area contributed by atoms with Gasteiger partial charge in [-0.25, -0.2) is 0 Å². The number of hydrogen-bond donors (Lipinski definition) is 3. The maximum Gasteiger partial charge on any atom is 0.294 e. The number of aryl methyl sites for hydroxylation is 1. The van der Waals surface area contributed by atoms with Crippen LogP contribution in [-0.4, -0.2) is 38.6 Å². The molecule has 2 aliphatic rings. The zero-order chi connectivity index (χ0) is 14.9. The van der Waals surface area contributed by atoms with Crippen LogP contribution in [0.15, 0.2) is 28.1 Å². The fraction of sp³-hybridized carbons (Fsp3) is 0.500. The Labute approximate surface area is 124 Å². The zero-order valence-electron chi connectivity index (χ0n) is 11.7. The molecule has 21 heavy (non-hydrogen) atoms. The van der Waals surface area contributed by atoms with Gasteiger partial charge < -0.3 is 10.6 Å². The maximum absolute atomic E-state index is 11.2. The third-order valence-corrected chi connectivity index (χ3v) is 4.89. The summed E-state index contributed by atoms with van der Waals surface area (Å²) in [5.74, 6) is 1.19. The molecular formula is C14H19N3O3S. The average molecular weight is 309 g/mol. The Kier molecular flexibility index (Phi) is 3.86. The van der Waals surface area contributed by atoms with Crippen LogP contribution >= 0.6 is 0 Å². The van der Waals surface area contributed by atoms with Crippen molar-refractivity contribution in [2.24, 2.45) is 4.99 Å². The van der Waals surface area contributed by atoms with Gasteiger partial charge in [-0.15, -0.1) is 0 Å². The minimum Gasteiger partial charge on any atom is -0.356 e. The number of hydrogen-bond acceptors (Lipinski definition) is 5. The predicted molar refractivity (Wildman–Crippen MR) is 80.2 cm³/mol. The molecule has 1 aromatic carbocycles. The van der Waals surface area contributed by atoms with Crippen LogP contribution < -0.4 is 10.6 Å². The molecule has 0 radical (unpaired) electrons. The first-order chi connectivity index (χ1) is 10.0. The minimum atomic E-state index is -4.12. The lowest BCUT2D eigenvalue weighted by atomic mass is 9.83. The van der Waals surface area contributed by atoms with Gasteiger partial charge in [0.2, 0.25) is 0 Å². The second kappa shape index (κ2) is 5.65. The SMILES string of the molecule is O=S(=O)(O)c1ccc2c(c1)CCCC2CNC1=NCCN1. The molecule has 0 aromatic heterocycles. The van der Waals surface area contributed by atoms with Gasteiger partial charge in [-0.3, -0.25) is 9.55 Å². The summed E-state index contributed by atoms with van der Waals surface area (Å²) in [7, 11) is -4.12. The lowest BCUT2D eigenvalue weighted by Crippen LogP contribution is -2.37. The Hall–Kier alpha value is -1.60. The van der Waals surface area contributed by atoms with E-state index in [-0.39, 0.29) is 4.90 Å². The third kappa shape index (κ3) is 3.19. The van der Waals surface area contributed by atoms with E-state index in [2.05, 4.69) is 15.6 Å². The number of aliphatic imine (C=N–C) groups is 1. The predicted octanol–water partition coefficient (Wildman–Crippen LogP) is 0.902. The minimum absolute atomic E-state index is 0.0170. The summed E-state index contributed by atoms with van der Waals surface area (Å²) in [6, 6.07) is 4.91. The second-order valence-corrected chi connectivity index (χ2v) is 6.88. The summed E-state index contributed by atoms with van der Waals surface area (Å²) in [5, 5.41) is 6.48. The van der Waals surface area contributed by atoms with Crippen LogP contribution in [0.4, 0.5) is 0 Å². The van der Waals surface area contributed by atoms with E-state index in [9.17, 15) is 8.42 Å². The molecule has 6 nitrogen and oxygen atoms in total. The maximum atomic E-state index is 11.2. The van der Waals surface area contributed by atoms with Crippen LogP contribution in [-0.2, 0) is 16.5 Å². The summed E-state index contributed by atoms with van der Waals surface area (Å²) >= 11 is 0. The van der Waals surface area contributed by atoms with E-state index in [1.165, 1.54) is 11.6 Å². The van der Waals surface area contributed by atoms with Crippen molar-refractivity contribution in [1.82, 2.24) is 10.6 Å². The van der Waals surface area contributed by atoms with E-state index < -0.39 is 10.1 Å². The van der Waals surface area contributed by atoms with Gasteiger partial charge in [0.15, 0.2) is 5.96 Å². The fourth-order valence-corrected chi connectivity index (χ4v) is 3.53. The van der Waals surface area contributed by atoms with Gasteiger partial charge in [0.05, 0.1) is 11.4 Å². The number of nitrogens with one attached hydrogen (secondary N) is 2. The summed E-state index contributed by atoms with van der Waals surface area (Å²) in [4.78, 5) is 4.29. The number of benzene rings is 1. The van der Waals surface area contributed by atoms with Crippen LogP contribution in [0.3, 0.4) is 0 Å². The van der Waals surface area contributed by atoms with Gasteiger partial charge in [0.1, 0.15) is 0 Å². The molecule has 1 aliphatic carbocycles. The standard InChI is InChI=1S/C14H19N3O3S/c18-21(19,20)12-4-5-13-10(8-12)2-1-3-11(13)9-17-14-15-6-7-16-14/h4-5,8,11H,1-3,6-7,9H2,(H2,15,16,17)(H,18,19,20). The van der Waals surface area contributed by atoms with Crippen molar-refractivity contribution in [3.05, 3.63) is 29.3 Å². The average Bonchev–Trinajstić information content (AvgIpc) is 2.96. The van der Waals surface area contributed by atoms with Gasteiger partial charge in [-0.2, -0.15) is 8.42 Å². The molecule has 0 spiro atoms. The molecule has 1 aromatic rings. The molecule has 114 valence electrons. The molecule has 1 unspecified atom stereocenters. The van der Waals surface area contributed by atoms with E-state index in [4.69, 9.17) is 4.55 Å². The van der Waals surface area contributed by atoms with Crippen LogP contribution in [0.25, 0.3) is 0 Å². The first-order valence-electron chi connectivity index (χ1n) is 7.16. The van der Waals surface area contributed by atoms with Crippen LogP contribution in [0, 0.1) is 0 Å². The van der Waals surface area contributed by atoms with E-state index in [0.29, 0.717) is 5.92 Å². The van der Waals surface area contributed by atoms with Crippen molar-refractivity contribution in [3.8, 4) is 0 Å². The van der Waals surface area contributed by atoms with Gasteiger partial charge >= 0.3 is 0 Å². The zero-order valence-corrected chi connectivity index (χ0v) is 12.5. The topological polar surface area (TPSA) is 90.8 Å². The smallest absolute Gasteiger partial charge is 0.294 e. The quantitative estimate of drug-likeness (QED) is 0.722. The van der Waals surface area contributed by atoms with Crippen molar-refractivity contribution in [2.75, 3.05) is 19.6 Å². The highest BCUT2D eigenvalue weighted by molar-refractivity contribution is 7.85. The van der Waals surface area contributed by atoms with E-state index in [0.717, 1.165) is 50.4 Å². The molecular weight excluding hydrogens is 290 g/mol. The summed E-state index contributed by atoms with van der Waals surface area (Å²) in [6.45, 7) is 2.46. The Balaban J connectivity index is 1.78. The molecule has 7 heteroatoms. The molecule has 3 N–H and O–H groups in total. The third-order valence-electron chi connectivity index (χ3n) is 4.04. The normalized spacial score (nSPS) is 21.4. The molecule has 0 amide bonds. The largest absolute Gasteiger partial charge is 0.356 e. The highest BCUT2D eigenvalue weighted by Gasteiger charge is 2.22. The number of rotatable bonds is 3. The lowest BCUT2D eigenvalue weighted by Gasteiger charge is -2.26. The van der Waals surface area contributed by atoms with Crippen LogP contribution in [0.2, 0.25) is 0 Å². The summed E-state index contributed by atoms with van der Waals surface area (Å²) in [6.07, 6.45) is 2.95. The molecule has 0 saturated carbocycles. The van der Waals surface area contributed by atoms with E-state index in [1.54, 1.807) is 6.07 Å². The van der Waals surface area contributed by atoms with Gasteiger partial charge in [0.25, 0.3) is 10.1 Å². The van der Waals surface area contributed by atoms with Crippen LogP contribution in [0.5, 0.6) is 0 Å².